The van der Waals surface area contributed by atoms with Crippen LogP contribution in [-0.4, -0.2) is 63.9 Å². The van der Waals surface area contributed by atoms with Gasteiger partial charge in [0.25, 0.3) is 5.56 Å². The fraction of sp³-hybridized carbons (Fsp3) is 0.474. The van der Waals surface area contributed by atoms with Gasteiger partial charge in [0.05, 0.1) is 17.6 Å². The number of hydrogen-bond acceptors (Lipinski definition) is 5. The molecule has 2 aliphatic heterocycles. The Morgan fingerprint density at radius 2 is 1.85 bits per heavy atom. The smallest absolute Gasteiger partial charge is 0.410 e. The summed E-state index contributed by atoms with van der Waals surface area (Å²) in [5, 5.41) is 5.69. The van der Waals surface area contributed by atoms with Crippen LogP contribution < -0.4 is 5.56 Å². The van der Waals surface area contributed by atoms with Gasteiger partial charge in [-0.1, -0.05) is 18.2 Å². The van der Waals surface area contributed by atoms with E-state index in [2.05, 4.69) is 5.10 Å². The van der Waals surface area contributed by atoms with Gasteiger partial charge in [0.2, 0.25) is 5.91 Å². The lowest BCUT2D eigenvalue weighted by molar-refractivity contribution is -0.133. The summed E-state index contributed by atoms with van der Waals surface area (Å²) in [7, 11) is 0. The predicted octanol–water partition coefficient (Wildman–Crippen LogP) is 1.15. The number of aromatic nitrogens is 2. The van der Waals surface area contributed by atoms with Crippen LogP contribution in [0, 0.1) is 6.92 Å². The summed E-state index contributed by atoms with van der Waals surface area (Å²) in [5.41, 5.74) is 0.475. The van der Waals surface area contributed by atoms with Crippen LogP contribution in [0.25, 0.3) is 10.8 Å². The van der Waals surface area contributed by atoms with Crippen molar-refractivity contribution in [3.8, 4) is 0 Å². The first-order valence-corrected chi connectivity index (χ1v) is 9.22. The van der Waals surface area contributed by atoms with Crippen LogP contribution in [0.15, 0.2) is 29.1 Å². The number of aryl methyl sites for hydroxylation is 1. The van der Waals surface area contributed by atoms with Crippen LogP contribution in [0.4, 0.5) is 4.79 Å². The number of piperidine rings is 1. The Hall–Kier alpha value is -2.90. The molecule has 2 saturated heterocycles. The molecule has 0 aliphatic carbocycles. The summed E-state index contributed by atoms with van der Waals surface area (Å²) < 4.78 is 6.25. The van der Waals surface area contributed by atoms with E-state index in [0.717, 1.165) is 23.9 Å². The third kappa shape index (κ3) is 3.27. The maximum Gasteiger partial charge on any atom is 0.410 e. The van der Waals surface area contributed by atoms with E-state index < -0.39 is 0 Å². The van der Waals surface area contributed by atoms with Gasteiger partial charge in [-0.2, -0.15) is 5.10 Å². The number of amides is 2. The molecule has 3 heterocycles. The number of benzene rings is 1. The van der Waals surface area contributed by atoms with Gasteiger partial charge in [-0.15, -0.1) is 0 Å². The number of fused-ring (bicyclic) bond motifs is 1. The Morgan fingerprint density at radius 3 is 2.52 bits per heavy atom. The Morgan fingerprint density at radius 1 is 1.15 bits per heavy atom. The molecule has 2 fully saturated rings. The third-order valence-corrected chi connectivity index (χ3v) is 5.39. The van der Waals surface area contributed by atoms with E-state index in [1.807, 2.05) is 25.1 Å². The SMILES string of the molecule is Cc1nn(CC(=O)N2CCC(N3CCOC3=O)CC2)c(=O)c2ccccc12. The molecule has 0 N–H and O–H groups in total. The number of carbonyl (C=O) groups is 2. The summed E-state index contributed by atoms with van der Waals surface area (Å²) in [6, 6.07) is 7.41. The summed E-state index contributed by atoms with van der Waals surface area (Å²) in [5.74, 6) is -0.123. The molecule has 0 unspecified atom stereocenters. The van der Waals surface area contributed by atoms with Crippen molar-refractivity contribution in [2.45, 2.75) is 32.4 Å². The number of carbonyl (C=O) groups excluding carboxylic acids is 2. The van der Waals surface area contributed by atoms with E-state index in [1.165, 1.54) is 4.68 Å². The Kier molecular flexibility index (Phi) is 4.55. The second kappa shape index (κ2) is 7.02. The molecule has 2 aromatic rings. The summed E-state index contributed by atoms with van der Waals surface area (Å²) >= 11 is 0. The second-order valence-electron chi connectivity index (χ2n) is 7.01. The number of cyclic esters (lactones) is 1. The lowest BCUT2D eigenvalue weighted by Crippen LogP contribution is -2.48. The van der Waals surface area contributed by atoms with Gasteiger partial charge in [-0.25, -0.2) is 9.48 Å². The quantitative estimate of drug-likeness (QED) is 0.809. The number of ether oxygens (including phenoxy) is 1. The Bertz CT molecular complexity index is 946. The van der Waals surface area contributed by atoms with E-state index >= 15 is 0 Å². The van der Waals surface area contributed by atoms with E-state index in [-0.39, 0.29) is 30.1 Å². The highest BCUT2D eigenvalue weighted by atomic mass is 16.6. The molecular weight excluding hydrogens is 348 g/mol. The van der Waals surface area contributed by atoms with Crippen molar-refractivity contribution in [3.63, 3.8) is 0 Å². The first kappa shape index (κ1) is 17.5. The highest BCUT2D eigenvalue weighted by Gasteiger charge is 2.33. The molecule has 27 heavy (non-hydrogen) atoms. The first-order chi connectivity index (χ1) is 13.0. The predicted molar refractivity (Wildman–Crippen MR) is 98.4 cm³/mol. The molecule has 2 aliphatic rings. The third-order valence-electron chi connectivity index (χ3n) is 5.39. The molecule has 0 saturated carbocycles. The molecule has 8 heteroatoms. The normalized spacial score (nSPS) is 18.2. The van der Waals surface area contributed by atoms with Gasteiger partial charge in [0.15, 0.2) is 0 Å². The number of rotatable bonds is 3. The molecule has 0 radical (unpaired) electrons. The van der Waals surface area contributed by atoms with Crippen LogP contribution in [0.3, 0.4) is 0 Å². The van der Waals surface area contributed by atoms with Crippen molar-refractivity contribution in [1.82, 2.24) is 19.6 Å². The lowest BCUT2D eigenvalue weighted by Gasteiger charge is -2.35. The fourth-order valence-corrected chi connectivity index (χ4v) is 3.90. The first-order valence-electron chi connectivity index (χ1n) is 9.22. The summed E-state index contributed by atoms with van der Waals surface area (Å²) in [6.45, 7) is 3.95. The maximum absolute atomic E-state index is 12.7. The fourth-order valence-electron chi connectivity index (χ4n) is 3.90. The largest absolute Gasteiger partial charge is 0.448 e. The zero-order valence-electron chi connectivity index (χ0n) is 15.3. The topological polar surface area (TPSA) is 84.7 Å². The van der Waals surface area contributed by atoms with Crippen LogP contribution in [0.1, 0.15) is 18.5 Å². The summed E-state index contributed by atoms with van der Waals surface area (Å²) in [4.78, 5) is 40.5. The number of nitrogens with zero attached hydrogens (tertiary/aromatic N) is 4. The van der Waals surface area contributed by atoms with Crippen molar-refractivity contribution in [1.29, 1.82) is 0 Å². The molecule has 0 atom stereocenters. The van der Waals surface area contributed by atoms with Crippen LogP contribution in [0.2, 0.25) is 0 Å². The van der Waals surface area contributed by atoms with E-state index in [9.17, 15) is 14.4 Å². The maximum atomic E-state index is 12.7. The molecule has 0 spiro atoms. The zero-order valence-corrected chi connectivity index (χ0v) is 15.3. The van der Waals surface area contributed by atoms with Gasteiger partial charge >= 0.3 is 6.09 Å². The van der Waals surface area contributed by atoms with Crippen molar-refractivity contribution in [3.05, 3.63) is 40.3 Å². The Labute approximate surface area is 156 Å². The molecule has 0 bridgehead atoms. The van der Waals surface area contributed by atoms with Crippen molar-refractivity contribution in [2.24, 2.45) is 0 Å². The van der Waals surface area contributed by atoms with E-state index in [4.69, 9.17) is 4.74 Å². The van der Waals surface area contributed by atoms with Crippen molar-refractivity contribution >= 4 is 22.8 Å². The highest BCUT2D eigenvalue weighted by molar-refractivity contribution is 5.83. The Balaban J connectivity index is 1.44. The van der Waals surface area contributed by atoms with Crippen molar-refractivity contribution < 1.29 is 14.3 Å². The number of likely N-dealkylation sites (tertiary alicyclic amines) is 1. The van der Waals surface area contributed by atoms with Crippen LogP contribution in [-0.2, 0) is 16.1 Å². The average Bonchev–Trinajstić information content (AvgIpc) is 3.12. The molecule has 1 aromatic heterocycles. The molecule has 8 nitrogen and oxygen atoms in total. The van der Waals surface area contributed by atoms with Gasteiger partial charge in [0.1, 0.15) is 13.2 Å². The highest BCUT2D eigenvalue weighted by Crippen LogP contribution is 2.20. The lowest BCUT2D eigenvalue weighted by atomic mass is 10.0. The molecular formula is C19H22N4O4. The molecule has 2 amide bonds. The van der Waals surface area contributed by atoms with Crippen molar-refractivity contribution in [2.75, 3.05) is 26.2 Å². The number of hydrogen-bond donors (Lipinski definition) is 0. The van der Waals surface area contributed by atoms with Crippen LogP contribution in [0.5, 0.6) is 0 Å². The molecule has 4 rings (SSSR count). The second-order valence-corrected chi connectivity index (χ2v) is 7.01. The minimum atomic E-state index is -0.262. The molecule has 1 aromatic carbocycles. The van der Waals surface area contributed by atoms with E-state index in [0.29, 0.717) is 31.6 Å². The monoisotopic (exact) mass is 370 g/mol. The van der Waals surface area contributed by atoms with Gasteiger partial charge < -0.3 is 14.5 Å². The van der Waals surface area contributed by atoms with Gasteiger partial charge in [-0.3, -0.25) is 9.59 Å². The van der Waals surface area contributed by atoms with Crippen LogP contribution >= 0.6 is 0 Å². The minimum absolute atomic E-state index is 0.0685. The van der Waals surface area contributed by atoms with E-state index in [1.54, 1.807) is 15.9 Å². The molecule has 142 valence electrons. The van der Waals surface area contributed by atoms with Gasteiger partial charge in [0, 0.05) is 24.5 Å². The minimum Gasteiger partial charge on any atom is -0.448 e. The van der Waals surface area contributed by atoms with Gasteiger partial charge in [-0.05, 0) is 25.8 Å². The standard InChI is InChI=1S/C19H22N4O4/c1-13-15-4-2-3-5-16(15)18(25)23(20-13)12-17(24)21-8-6-14(7-9-21)22-10-11-27-19(22)26/h2-5,14H,6-12H2,1H3. The zero-order chi connectivity index (χ0) is 19.0. The average molecular weight is 370 g/mol. The summed E-state index contributed by atoms with van der Waals surface area (Å²) in [6.07, 6.45) is 1.18.